The van der Waals surface area contributed by atoms with E-state index in [4.69, 9.17) is 5.11 Å². The standard InChI is InChI=1S/C8H9BrO3S/c1-8(12,3-7(10)11)6-2-5(9)4-13-6/h2,4,12H,3H2,1H3,(H,10,11). The van der Waals surface area contributed by atoms with Crippen LogP contribution in [0.4, 0.5) is 0 Å². The fourth-order valence-electron chi connectivity index (χ4n) is 0.977. The van der Waals surface area contributed by atoms with E-state index in [1.54, 1.807) is 6.07 Å². The zero-order valence-electron chi connectivity index (χ0n) is 6.95. The molecule has 1 unspecified atom stereocenters. The fourth-order valence-corrected chi connectivity index (χ4v) is 2.47. The Bertz CT molecular complexity index is 319. The normalized spacial score (nSPS) is 15.3. The number of hydrogen-bond donors (Lipinski definition) is 2. The van der Waals surface area contributed by atoms with Gasteiger partial charge in [-0.3, -0.25) is 4.79 Å². The summed E-state index contributed by atoms with van der Waals surface area (Å²) in [5.74, 6) is -1.01. The van der Waals surface area contributed by atoms with Crippen molar-refractivity contribution < 1.29 is 15.0 Å². The van der Waals surface area contributed by atoms with E-state index in [2.05, 4.69) is 15.9 Å². The number of carbonyl (C=O) groups is 1. The van der Waals surface area contributed by atoms with Crippen LogP contribution in [-0.4, -0.2) is 16.2 Å². The second-order valence-electron chi connectivity index (χ2n) is 2.97. The van der Waals surface area contributed by atoms with Gasteiger partial charge in [0.05, 0.1) is 6.42 Å². The van der Waals surface area contributed by atoms with Crippen molar-refractivity contribution in [3.05, 3.63) is 20.8 Å². The quantitative estimate of drug-likeness (QED) is 0.880. The summed E-state index contributed by atoms with van der Waals surface area (Å²) in [5.41, 5.74) is -1.28. The lowest BCUT2D eigenvalue weighted by Crippen LogP contribution is -2.23. The van der Waals surface area contributed by atoms with Crippen molar-refractivity contribution in [1.29, 1.82) is 0 Å². The van der Waals surface area contributed by atoms with Gasteiger partial charge in [0.2, 0.25) is 0 Å². The molecule has 1 rings (SSSR count). The number of rotatable bonds is 3. The Morgan fingerprint density at radius 3 is 2.77 bits per heavy atom. The van der Waals surface area contributed by atoms with Gasteiger partial charge in [0, 0.05) is 14.7 Å². The van der Waals surface area contributed by atoms with Crippen LogP contribution >= 0.6 is 27.3 Å². The molecule has 0 spiro atoms. The first kappa shape index (κ1) is 10.7. The number of thiophene rings is 1. The average Bonchev–Trinajstić information content (AvgIpc) is 2.32. The third kappa shape index (κ3) is 2.79. The van der Waals surface area contributed by atoms with E-state index in [9.17, 15) is 9.90 Å². The van der Waals surface area contributed by atoms with Crippen LogP contribution in [0.15, 0.2) is 15.9 Å². The van der Waals surface area contributed by atoms with E-state index >= 15 is 0 Å². The van der Waals surface area contributed by atoms with Crippen LogP contribution in [0.2, 0.25) is 0 Å². The molecule has 0 aliphatic heterocycles. The highest BCUT2D eigenvalue weighted by Gasteiger charge is 2.27. The highest BCUT2D eigenvalue weighted by atomic mass is 79.9. The maximum atomic E-state index is 10.4. The Labute approximate surface area is 88.1 Å². The molecule has 1 aromatic rings. The molecule has 13 heavy (non-hydrogen) atoms. The molecule has 0 aromatic carbocycles. The number of carboxylic acid groups (broad SMARTS) is 1. The SMILES string of the molecule is CC(O)(CC(=O)O)c1cc(Br)cs1. The molecule has 3 nitrogen and oxygen atoms in total. The Morgan fingerprint density at radius 2 is 2.38 bits per heavy atom. The van der Waals surface area contributed by atoms with Gasteiger partial charge < -0.3 is 10.2 Å². The molecule has 0 radical (unpaired) electrons. The Kier molecular flexibility index (Phi) is 3.10. The summed E-state index contributed by atoms with van der Waals surface area (Å²) in [4.78, 5) is 11.1. The third-order valence-electron chi connectivity index (χ3n) is 1.59. The lowest BCUT2D eigenvalue weighted by atomic mass is 10.0. The Morgan fingerprint density at radius 1 is 1.77 bits per heavy atom. The molecule has 0 amide bonds. The molecule has 0 aliphatic rings. The van der Waals surface area contributed by atoms with E-state index in [1.165, 1.54) is 18.3 Å². The summed E-state index contributed by atoms with van der Waals surface area (Å²) >= 11 is 4.58. The summed E-state index contributed by atoms with van der Waals surface area (Å²) in [6.07, 6.45) is -0.278. The molecule has 0 saturated heterocycles. The van der Waals surface area contributed by atoms with E-state index < -0.39 is 11.6 Å². The van der Waals surface area contributed by atoms with E-state index in [0.29, 0.717) is 4.88 Å². The van der Waals surface area contributed by atoms with Gasteiger partial charge >= 0.3 is 5.97 Å². The van der Waals surface area contributed by atoms with Crippen LogP contribution in [0.1, 0.15) is 18.2 Å². The van der Waals surface area contributed by atoms with Gasteiger partial charge in [0.1, 0.15) is 5.60 Å². The summed E-state index contributed by atoms with van der Waals surface area (Å²) in [6, 6.07) is 1.73. The van der Waals surface area contributed by atoms with Crippen molar-refractivity contribution in [1.82, 2.24) is 0 Å². The molecule has 5 heteroatoms. The summed E-state index contributed by atoms with van der Waals surface area (Å²) in [6.45, 7) is 1.50. The second-order valence-corrected chi connectivity index (χ2v) is 4.80. The van der Waals surface area contributed by atoms with Gasteiger partial charge in [-0.25, -0.2) is 0 Å². The van der Waals surface area contributed by atoms with Crippen LogP contribution in [-0.2, 0) is 10.4 Å². The van der Waals surface area contributed by atoms with Gasteiger partial charge in [-0.15, -0.1) is 11.3 Å². The van der Waals surface area contributed by atoms with Gasteiger partial charge in [-0.05, 0) is 28.9 Å². The molecule has 0 bridgehead atoms. The number of halogens is 1. The zero-order valence-corrected chi connectivity index (χ0v) is 9.35. The lowest BCUT2D eigenvalue weighted by molar-refractivity contribution is -0.142. The molecule has 0 aliphatic carbocycles. The minimum atomic E-state index is -1.28. The monoisotopic (exact) mass is 264 g/mol. The van der Waals surface area contributed by atoms with E-state index in [-0.39, 0.29) is 6.42 Å². The minimum Gasteiger partial charge on any atom is -0.481 e. The van der Waals surface area contributed by atoms with Crippen molar-refractivity contribution in [2.45, 2.75) is 18.9 Å². The van der Waals surface area contributed by atoms with Crippen LogP contribution < -0.4 is 0 Å². The predicted molar refractivity (Wildman–Crippen MR) is 53.8 cm³/mol. The van der Waals surface area contributed by atoms with Crippen molar-refractivity contribution in [2.24, 2.45) is 0 Å². The van der Waals surface area contributed by atoms with Crippen molar-refractivity contribution in [3.63, 3.8) is 0 Å². The molecule has 0 saturated carbocycles. The van der Waals surface area contributed by atoms with Gasteiger partial charge in [-0.2, -0.15) is 0 Å². The molecule has 2 N–H and O–H groups in total. The molecule has 1 atom stereocenters. The largest absolute Gasteiger partial charge is 0.481 e. The van der Waals surface area contributed by atoms with Crippen molar-refractivity contribution in [2.75, 3.05) is 0 Å². The second kappa shape index (κ2) is 3.77. The molecular formula is C8H9BrO3S. The highest BCUT2D eigenvalue weighted by Crippen LogP contribution is 2.32. The van der Waals surface area contributed by atoms with Crippen molar-refractivity contribution >= 4 is 33.2 Å². The number of aliphatic hydroxyl groups is 1. The lowest BCUT2D eigenvalue weighted by Gasteiger charge is -2.18. The molecular weight excluding hydrogens is 256 g/mol. The van der Waals surface area contributed by atoms with Crippen LogP contribution in [0, 0.1) is 0 Å². The Balaban J connectivity index is 2.86. The Hall–Kier alpha value is -0.390. The third-order valence-corrected chi connectivity index (χ3v) is 3.54. The average molecular weight is 265 g/mol. The fraction of sp³-hybridized carbons (Fsp3) is 0.375. The summed E-state index contributed by atoms with van der Waals surface area (Å²) in [5, 5.41) is 20.1. The first-order valence-electron chi connectivity index (χ1n) is 3.60. The van der Waals surface area contributed by atoms with Gasteiger partial charge in [0.15, 0.2) is 0 Å². The molecule has 1 aromatic heterocycles. The van der Waals surface area contributed by atoms with Crippen LogP contribution in [0.25, 0.3) is 0 Å². The first-order valence-corrected chi connectivity index (χ1v) is 5.28. The van der Waals surface area contributed by atoms with Crippen molar-refractivity contribution in [3.8, 4) is 0 Å². The number of aliphatic carboxylic acids is 1. The smallest absolute Gasteiger partial charge is 0.306 e. The molecule has 72 valence electrons. The first-order chi connectivity index (χ1) is 5.92. The zero-order chi connectivity index (χ0) is 10.1. The van der Waals surface area contributed by atoms with E-state index in [1.807, 2.05) is 5.38 Å². The highest BCUT2D eigenvalue weighted by molar-refractivity contribution is 9.10. The van der Waals surface area contributed by atoms with Crippen LogP contribution in [0.3, 0.4) is 0 Å². The van der Waals surface area contributed by atoms with E-state index in [0.717, 1.165) is 4.47 Å². The topological polar surface area (TPSA) is 57.5 Å². The van der Waals surface area contributed by atoms with Crippen LogP contribution in [0.5, 0.6) is 0 Å². The maximum Gasteiger partial charge on any atom is 0.306 e. The molecule has 0 fully saturated rings. The number of carboxylic acids is 1. The van der Waals surface area contributed by atoms with Gasteiger partial charge in [0.25, 0.3) is 0 Å². The minimum absolute atomic E-state index is 0.278. The summed E-state index contributed by atoms with van der Waals surface area (Å²) < 4.78 is 0.859. The predicted octanol–water partition coefficient (Wildman–Crippen LogP) is 2.19. The number of hydrogen-bond acceptors (Lipinski definition) is 3. The van der Waals surface area contributed by atoms with Gasteiger partial charge in [-0.1, -0.05) is 0 Å². The maximum absolute atomic E-state index is 10.4. The molecule has 1 heterocycles. The summed E-state index contributed by atoms with van der Waals surface area (Å²) in [7, 11) is 0.